The number of hydrogen-bond donors (Lipinski definition) is 1. The predicted molar refractivity (Wildman–Crippen MR) is 70.0 cm³/mol. The van der Waals surface area contributed by atoms with Crippen molar-refractivity contribution in [1.29, 1.82) is 0 Å². The second-order valence-corrected chi connectivity index (χ2v) is 4.50. The fraction of sp³-hybridized carbons (Fsp3) is 0.429. The summed E-state index contributed by atoms with van der Waals surface area (Å²) in [5.41, 5.74) is 2.80. The Kier molecular flexibility index (Phi) is 3.62. The summed E-state index contributed by atoms with van der Waals surface area (Å²) in [6.07, 6.45) is 3.18. The van der Waals surface area contributed by atoms with Crippen molar-refractivity contribution in [3.63, 3.8) is 0 Å². The lowest BCUT2D eigenvalue weighted by atomic mass is 9.98. The lowest BCUT2D eigenvalue weighted by Crippen LogP contribution is -2.21. The van der Waals surface area contributed by atoms with E-state index in [1.165, 1.54) is 17.7 Å². The number of anilines is 1. The molecule has 1 aliphatic rings. The van der Waals surface area contributed by atoms with E-state index in [0.717, 1.165) is 19.6 Å². The molecule has 1 aromatic carbocycles. The van der Waals surface area contributed by atoms with Crippen LogP contribution in [0.3, 0.4) is 0 Å². The molecule has 0 spiro atoms. The summed E-state index contributed by atoms with van der Waals surface area (Å²) in [6.45, 7) is 6.95. The molecule has 1 aliphatic heterocycles. The van der Waals surface area contributed by atoms with Gasteiger partial charge in [0, 0.05) is 24.7 Å². The smallest absolute Gasteiger partial charge is 0.0376 e. The maximum Gasteiger partial charge on any atom is 0.0376 e. The van der Waals surface area contributed by atoms with Crippen molar-refractivity contribution in [2.24, 2.45) is 0 Å². The van der Waals surface area contributed by atoms with Crippen LogP contribution in [0.25, 0.3) is 0 Å². The Morgan fingerprint density at radius 3 is 3.12 bits per heavy atom. The Labute approximate surface area is 98.0 Å². The average molecular weight is 216 g/mol. The van der Waals surface area contributed by atoms with Crippen LogP contribution >= 0.6 is 0 Å². The topological polar surface area (TPSA) is 15.3 Å². The predicted octanol–water partition coefficient (Wildman–Crippen LogP) is 2.70. The second kappa shape index (κ2) is 5.17. The van der Waals surface area contributed by atoms with Gasteiger partial charge in [-0.2, -0.15) is 0 Å². The number of para-hydroxylation sites is 1. The Morgan fingerprint density at radius 2 is 2.31 bits per heavy atom. The van der Waals surface area contributed by atoms with Crippen molar-refractivity contribution in [2.75, 3.05) is 32.0 Å². The normalized spacial score (nSPS) is 18.2. The first-order valence-corrected chi connectivity index (χ1v) is 5.93. The number of nitrogens with one attached hydrogen (secondary N) is 1. The number of rotatable bonds is 5. The highest BCUT2D eigenvalue weighted by Gasteiger charge is 2.21. The van der Waals surface area contributed by atoms with Gasteiger partial charge in [-0.05, 0) is 31.6 Å². The van der Waals surface area contributed by atoms with Crippen molar-refractivity contribution < 1.29 is 0 Å². The molecule has 1 heterocycles. The van der Waals surface area contributed by atoms with Gasteiger partial charge >= 0.3 is 0 Å². The molecule has 1 atom stereocenters. The van der Waals surface area contributed by atoms with E-state index in [0.29, 0.717) is 5.92 Å². The van der Waals surface area contributed by atoms with Crippen molar-refractivity contribution in [2.45, 2.75) is 12.3 Å². The van der Waals surface area contributed by atoms with Crippen LogP contribution in [0.2, 0.25) is 0 Å². The number of benzene rings is 1. The first-order chi connectivity index (χ1) is 7.81. The third-order valence-electron chi connectivity index (χ3n) is 3.24. The molecule has 0 amide bonds. The van der Waals surface area contributed by atoms with E-state index in [2.05, 4.69) is 48.1 Å². The molecule has 86 valence electrons. The summed E-state index contributed by atoms with van der Waals surface area (Å²) >= 11 is 0. The number of likely N-dealkylation sites (N-methyl/N-ethyl adjacent to an activating group) is 1. The molecule has 2 heteroatoms. The summed E-state index contributed by atoms with van der Waals surface area (Å²) in [5.74, 6) is 0.670. The SMILES string of the molecule is C=CCN(C)CCC1CNc2ccccc21. The first kappa shape index (κ1) is 11.2. The van der Waals surface area contributed by atoms with Gasteiger partial charge in [0.1, 0.15) is 0 Å². The highest BCUT2D eigenvalue weighted by molar-refractivity contribution is 5.57. The molecule has 0 saturated carbocycles. The van der Waals surface area contributed by atoms with E-state index in [4.69, 9.17) is 0 Å². The van der Waals surface area contributed by atoms with E-state index in [1.54, 1.807) is 0 Å². The van der Waals surface area contributed by atoms with Gasteiger partial charge in [0.25, 0.3) is 0 Å². The van der Waals surface area contributed by atoms with Crippen molar-refractivity contribution in [1.82, 2.24) is 4.90 Å². The standard InChI is InChI=1S/C14H20N2/c1-3-9-16(2)10-8-12-11-15-14-7-5-4-6-13(12)14/h3-7,12,15H,1,8-11H2,2H3. The summed E-state index contributed by atoms with van der Waals surface area (Å²) in [5, 5.41) is 3.47. The first-order valence-electron chi connectivity index (χ1n) is 5.93. The van der Waals surface area contributed by atoms with E-state index in [9.17, 15) is 0 Å². The Morgan fingerprint density at radius 1 is 1.50 bits per heavy atom. The van der Waals surface area contributed by atoms with Gasteiger partial charge in [-0.3, -0.25) is 0 Å². The molecule has 2 rings (SSSR count). The molecule has 16 heavy (non-hydrogen) atoms. The van der Waals surface area contributed by atoms with E-state index < -0.39 is 0 Å². The summed E-state index contributed by atoms with van der Waals surface area (Å²) < 4.78 is 0. The van der Waals surface area contributed by atoms with Crippen LogP contribution in [-0.2, 0) is 0 Å². The van der Waals surface area contributed by atoms with Crippen LogP contribution in [0.1, 0.15) is 17.9 Å². The monoisotopic (exact) mass is 216 g/mol. The quantitative estimate of drug-likeness (QED) is 0.761. The fourth-order valence-electron chi connectivity index (χ4n) is 2.30. The Balaban J connectivity index is 1.91. The molecule has 0 fully saturated rings. The van der Waals surface area contributed by atoms with Gasteiger partial charge in [0.15, 0.2) is 0 Å². The molecule has 0 aliphatic carbocycles. The van der Waals surface area contributed by atoms with Crippen LogP contribution in [-0.4, -0.2) is 31.6 Å². The van der Waals surface area contributed by atoms with Crippen LogP contribution in [0, 0.1) is 0 Å². The number of hydrogen-bond acceptors (Lipinski definition) is 2. The zero-order valence-electron chi connectivity index (χ0n) is 9.95. The molecule has 0 aromatic heterocycles. The van der Waals surface area contributed by atoms with Gasteiger partial charge in [-0.25, -0.2) is 0 Å². The molecule has 0 saturated heterocycles. The summed E-state index contributed by atoms with van der Waals surface area (Å²) in [7, 11) is 2.15. The van der Waals surface area contributed by atoms with Gasteiger partial charge in [0.2, 0.25) is 0 Å². The molecule has 1 N–H and O–H groups in total. The fourth-order valence-corrected chi connectivity index (χ4v) is 2.30. The third-order valence-corrected chi connectivity index (χ3v) is 3.24. The second-order valence-electron chi connectivity index (χ2n) is 4.50. The van der Waals surface area contributed by atoms with Crippen molar-refractivity contribution in [3.05, 3.63) is 42.5 Å². The van der Waals surface area contributed by atoms with Crippen LogP contribution in [0.15, 0.2) is 36.9 Å². The highest BCUT2D eigenvalue weighted by Crippen LogP contribution is 2.33. The minimum atomic E-state index is 0.670. The summed E-state index contributed by atoms with van der Waals surface area (Å²) in [4.78, 5) is 2.31. The van der Waals surface area contributed by atoms with Crippen molar-refractivity contribution >= 4 is 5.69 Å². The molecule has 2 nitrogen and oxygen atoms in total. The average Bonchev–Trinajstić information content (AvgIpc) is 2.70. The Bertz CT molecular complexity index is 360. The minimum absolute atomic E-state index is 0.670. The van der Waals surface area contributed by atoms with Crippen LogP contribution in [0.4, 0.5) is 5.69 Å². The van der Waals surface area contributed by atoms with Gasteiger partial charge in [-0.15, -0.1) is 6.58 Å². The van der Waals surface area contributed by atoms with Crippen molar-refractivity contribution in [3.8, 4) is 0 Å². The Hall–Kier alpha value is -1.28. The molecule has 1 aromatic rings. The third kappa shape index (κ3) is 2.45. The largest absolute Gasteiger partial charge is 0.384 e. The highest BCUT2D eigenvalue weighted by atomic mass is 15.1. The van der Waals surface area contributed by atoms with Crippen LogP contribution in [0.5, 0.6) is 0 Å². The van der Waals surface area contributed by atoms with Gasteiger partial charge in [-0.1, -0.05) is 24.3 Å². The molecular formula is C14H20N2. The minimum Gasteiger partial charge on any atom is -0.384 e. The summed E-state index contributed by atoms with van der Waals surface area (Å²) in [6, 6.07) is 8.64. The van der Waals surface area contributed by atoms with E-state index >= 15 is 0 Å². The number of fused-ring (bicyclic) bond motifs is 1. The molecule has 0 bridgehead atoms. The van der Waals surface area contributed by atoms with Gasteiger partial charge < -0.3 is 10.2 Å². The maximum atomic E-state index is 3.76. The number of nitrogens with zero attached hydrogens (tertiary/aromatic N) is 1. The van der Waals surface area contributed by atoms with Gasteiger partial charge in [0.05, 0.1) is 0 Å². The molecule has 1 unspecified atom stereocenters. The zero-order valence-corrected chi connectivity index (χ0v) is 9.95. The lowest BCUT2D eigenvalue weighted by molar-refractivity contribution is 0.353. The molecule has 0 radical (unpaired) electrons. The zero-order chi connectivity index (χ0) is 11.4. The van der Waals surface area contributed by atoms with Crippen LogP contribution < -0.4 is 5.32 Å². The molecular weight excluding hydrogens is 196 g/mol. The lowest BCUT2D eigenvalue weighted by Gasteiger charge is -2.17. The maximum absolute atomic E-state index is 3.76. The van der Waals surface area contributed by atoms with E-state index in [1.807, 2.05) is 6.08 Å². The van der Waals surface area contributed by atoms with E-state index in [-0.39, 0.29) is 0 Å².